The Hall–Kier alpha value is -0.470. The molecule has 0 aromatic rings. The molecule has 0 saturated carbocycles. The zero-order valence-electron chi connectivity index (χ0n) is 55.1. The van der Waals surface area contributed by atoms with Crippen molar-refractivity contribution < 1.29 is 88.2 Å². The molecule has 0 aliphatic carbocycles. The van der Waals surface area contributed by atoms with Crippen molar-refractivity contribution in [3.05, 3.63) is 0 Å². The molecule has 0 aromatic heterocycles. The summed E-state index contributed by atoms with van der Waals surface area (Å²) in [5.41, 5.74) is 0. The third-order valence-electron chi connectivity index (χ3n) is 14.6. The fraction of sp³-hybridized carbons (Fsp3) is 0.926. The third kappa shape index (κ3) is 86.0. The first kappa shape index (κ1) is 90.3. The molecule has 2 N–H and O–H groups in total. The first-order valence-electron chi connectivity index (χ1n) is 34.3. The normalized spacial score (nSPS) is 11.5. The summed E-state index contributed by atoms with van der Waals surface area (Å²) in [5, 5.41) is 34.6. The second kappa shape index (κ2) is 78.5. The van der Waals surface area contributed by atoms with Crippen LogP contribution in [-0.4, -0.2) is 107 Å². The number of ether oxygens (including phenoxy) is 3. The van der Waals surface area contributed by atoms with Crippen LogP contribution in [0.3, 0.4) is 0 Å². The van der Waals surface area contributed by atoms with E-state index < -0.39 is 30.3 Å². The van der Waals surface area contributed by atoms with Gasteiger partial charge in [-0.15, -0.1) is 0 Å². The SMILES string of the molecule is CC(O)C(=O)[O-].CC(O)C(=O)[O-].CCCCCCCCCCCCCCCCCC(=O)OCC(COC(=O)CCCCCCCCCCCCCCCCC)OC(=O)CCCCCCCCCCCCCCCCC.CCCC[CH2][Ca+].[Na+]. The summed E-state index contributed by atoms with van der Waals surface area (Å²) >= 11 is 1.49. The largest absolute Gasteiger partial charge is 1.00 e. The van der Waals surface area contributed by atoms with Gasteiger partial charge in [0.15, 0.2) is 6.10 Å². The Morgan fingerprint density at radius 3 is 0.671 bits per heavy atom. The smallest absolute Gasteiger partial charge is 1.00 e. The molecule has 0 heterocycles. The summed E-state index contributed by atoms with van der Waals surface area (Å²) in [5.74, 6) is -3.70. The number of aliphatic hydroxyl groups excluding tert-OH is 2. The van der Waals surface area contributed by atoms with Crippen molar-refractivity contribution in [2.45, 2.75) is 390 Å². The minimum atomic E-state index is -1.44. The molecule has 82 heavy (non-hydrogen) atoms. The number of carboxylic acids is 2. The van der Waals surface area contributed by atoms with Crippen LogP contribution in [-0.2, 0) is 38.2 Å². The van der Waals surface area contributed by atoms with E-state index in [4.69, 9.17) is 24.4 Å². The fourth-order valence-electron chi connectivity index (χ4n) is 9.23. The van der Waals surface area contributed by atoms with E-state index in [-0.39, 0.29) is 60.7 Å². The van der Waals surface area contributed by atoms with Crippen LogP contribution in [0.5, 0.6) is 0 Å². The quantitative estimate of drug-likeness (QED) is 0.0253. The van der Waals surface area contributed by atoms with Crippen molar-refractivity contribution in [3.63, 3.8) is 0 Å². The second-order valence-corrected chi connectivity index (χ2v) is 24.2. The first-order chi connectivity index (χ1) is 39.2. The molecule has 0 aliphatic rings. The minimum Gasteiger partial charge on any atom is 1.00 e. The molecule has 478 valence electrons. The molecule has 2 atom stereocenters. The Balaban J connectivity index is -0.000000888. The zero-order chi connectivity index (χ0) is 60.9. The molecule has 0 aliphatic heterocycles. The summed E-state index contributed by atoms with van der Waals surface area (Å²) in [6, 6.07) is 0. The number of carbonyl (C=O) groups excluding carboxylic acids is 5. The van der Waals surface area contributed by atoms with Crippen molar-refractivity contribution in [2.24, 2.45) is 0 Å². The zero-order valence-corrected chi connectivity index (χ0v) is 59.3. The van der Waals surface area contributed by atoms with E-state index in [1.807, 2.05) is 0 Å². The molecule has 0 fully saturated rings. The van der Waals surface area contributed by atoms with Crippen LogP contribution >= 0.6 is 0 Å². The number of hydrogen-bond acceptors (Lipinski definition) is 12. The molecule has 0 aromatic carbocycles. The maximum absolute atomic E-state index is 12.8. The van der Waals surface area contributed by atoms with Crippen molar-refractivity contribution >= 4 is 65.6 Å². The molecule has 2 unspecified atom stereocenters. The van der Waals surface area contributed by atoms with Gasteiger partial charge in [0.05, 0.1) is 24.1 Å². The topological polar surface area (TPSA) is 200 Å². The number of aliphatic carboxylic acids is 2. The van der Waals surface area contributed by atoms with Gasteiger partial charge in [0.2, 0.25) is 0 Å². The molecule has 14 heteroatoms. The van der Waals surface area contributed by atoms with Crippen molar-refractivity contribution in [1.82, 2.24) is 0 Å². The van der Waals surface area contributed by atoms with E-state index in [9.17, 15) is 34.2 Å². The van der Waals surface area contributed by atoms with E-state index in [2.05, 4.69) is 27.7 Å². The summed E-state index contributed by atoms with van der Waals surface area (Å²) in [7, 11) is 0. The number of carboxylic acid groups (broad SMARTS) is 2. The van der Waals surface area contributed by atoms with Gasteiger partial charge in [0.1, 0.15) is 13.2 Å². The van der Waals surface area contributed by atoms with Crippen LogP contribution in [0.25, 0.3) is 0 Å². The molecule has 0 rings (SSSR count). The maximum atomic E-state index is 12.8. The van der Waals surface area contributed by atoms with Crippen LogP contribution in [0.1, 0.15) is 369 Å². The van der Waals surface area contributed by atoms with Crippen molar-refractivity contribution in [1.29, 1.82) is 0 Å². The number of rotatable bonds is 58. The number of hydrogen-bond donors (Lipinski definition) is 2. The number of aliphatic hydroxyl groups is 2. The Labute approximate surface area is 552 Å². The third-order valence-corrected chi connectivity index (χ3v) is 15.4. The number of carbonyl (C=O) groups is 5. The summed E-state index contributed by atoms with van der Waals surface area (Å²) in [6.45, 7) is 11.2. The Kier molecular flexibility index (Phi) is 86.5. The van der Waals surface area contributed by atoms with E-state index >= 15 is 0 Å². The molecule has 0 spiro atoms. The summed E-state index contributed by atoms with van der Waals surface area (Å²) in [6.07, 6.45) is 59.6. The van der Waals surface area contributed by atoms with Gasteiger partial charge in [-0.3, -0.25) is 14.4 Å². The van der Waals surface area contributed by atoms with Gasteiger partial charge >= 0.3 is 112 Å². The van der Waals surface area contributed by atoms with Crippen LogP contribution < -0.4 is 39.8 Å². The van der Waals surface area contributed by atoms with Gasteiger partial charge < -0.3 is 44.2 Å². The van der Waals surface area contributed by atoms with Gasteiger partial charge in [-0.1, -0.05) is 290 Å². The molecular weight excluding hydrogens is 1070 g/mol. The molecule has 0 bridgehead atoms. The van der Waals surface area contributed by atoms with Crippen LogP contribution in [0.15, 0.2) is 0 Å². The molecule has 0 radical (unpaired) electrons. The summed E-state index contributed by atoms with van der Waals surface area (Å²) < 4.78 is 18.4. The van der Waals surface area contributed by atoms with E-state index in [1.54, 1.807) is 0 Å². The van der Waals surface area contributed by atoms with Gasteiger partial charge in [-0.2, -0.15) is 0 Å². The van der Waals surface area contributed by atoms with E-state index in [0.29, 0.717) is 19.3 Å². The average Bonchev–Trinajstić information content (AvgIpc) is 3.44. The van der Waals surface area contributed by atoms with Gasteiger partial charge in [0, 0.05) is 19.3 Å². The molecule has 0 amide bonds. The predicted molar refractivity (Wildman–Crippen MR) is 334 cm³/mol. The van der Waals surface area contributed by atoms with Crippen LogP contribution in [0.2, 0.25) is 2.52 Å². The number of esters is 3. The monoisotopic (exact) mass is 1200 g/mol. The Morgan fingerprint density at radius 1 is 0.329 bits per heavy atom. The van der Waals surface area contributed by atoms with E-state index in [1.165, 1.54) is 289 Å². The molecular formula is C68H131CaNaO12. The van der Waals surface area contributed by atoms with Gasteiger partial charge in [-0.05, 0) is 33.1 Å². The Bertz CT molecular complexity index is 1230. The first-order valence-corrected chi connectivity index (χ1v) is 35.9. The molecule has 12 nitrogen and oxygen atoms in total. The second-order valence-electron chi connectivity index (χ2n) is 23.1. The maximum Gasteiger partial charge on any atom is 1.00 e. The molecule has 0 saturated heterocycles. The van der Waals surface area contributed by atoms with Crippen molar-refractivity contribution in [3.8, 4) is 0 Å². The van der Waals surface area contributed by atoms with Crippen LogP contribution in [0.4, 0.5) is 0 Å². The van der Waals surface area contributed by atoms with Crippen LogP contribution in [0, 0.1) is 0 Å². The van der Waals surface area contributed by atoms with Gasteiger partial charge in [0.25, 0.3) is 0 Å². The summed E-state index contributed by atoms with van der Waals surface area (Å²) in [4.78, 5) is 56.8. The Morgan fingerprint density at radius 2 is 0.500 bits per heavy atom. The number of unbranched alkanes of at least 4 members (excludes halogenated alkanes) is 44. The standard InChI is InChI=1S/C57H110O6.C5H11.2C3H6O3.Ca.Na/c1-4-7-10-13-16-19-22-25-28-31-34-37-40-43-46-49-55(58)61-52-54(63-57(60)51-48-45-42-39-36-33-30-27-24-21-18-15-12-9-6-3)53-62-56(59)50-47-44-41-38-35-32-29-26-23-20-17-14-11-8-5-2;1-3-5-4-2;2*1-2(4)3(5)6;;/h54H,4-53H2,1-3H3;1,3-5H2,2H3;2*2,4H,1H3,(H,5,6);;/q;;;;2*+1/p-2. The average molecular weight is 1200 g/mol. The fourth-order valence-corrected chi connectivity index (χ4v) is 9.78. The van der Waals surface area contributed by atoms with Gasteiger partial charge in [-0.25, -0.2) is 0 Å². The van der Waals surface area contributed by atoms with E-state index in [0.717, 1.165) is 71.6 Å². The van der Waals surface area contributed by atoms with Crippen molar-refractivity contribution in [2.75, 3.05) is 13.2 Å². The minimum absolute atomic E-state index is 0. The predicted octanol–water partition coefficient (Wildman–Crippen LogP) is 13.8.